The minimum Gasteiger partial charge on any atom is -0.324 e. The van der Waals surface area contributed by atoms with Gasteiger partial charge in [0.25, 0.3) is 0 Å². The predicted molar refractivity (Wildman–Crippen MR) is 82.4 cm³/mol. The lowest BCUT2D eigenvalue weighted by Gasteiger charge is -2.17. The topological polar surface area (TPSA) is 46.9 Å². The maximum Gasteiger partial charge on any atom is 0.418 e. The van der Waals surface area contributed by atoms with Crippen LogP contribution in [0.2, 0.25) is 0 Å². The normalized spacial score (nSPS) is 13.0. The second kappa shape index (κ2) is 6.41. The van der Waals surface area contributed by atoms with Gasteiger partial charge >= 0.3 is 6.18 Å². The molecule has 0 aliphatic heterocycles. The first-order chi connectivity index (χ1) is 10.2. The number of alkyl halides is 3. The highest BCUT2D eigenvalue weighted by molar-refractivity contribution is 9.10. The number of anilines is 1. The van der Waals surface area contributed by atoms with Crippen LogP contribution in [0.1, 0.15) is 18.5 Å². The first-order valence-corrected chi connectivity index (χ1v) is 7.64. The molecule has 0 bridgehead atoms. The van der Waals surface area contributed by atoms with E-state index in [-0.39, 0.29) is 10.2 Å². The van der Waals surface area contributed by atoms with Gasteiger partial charge in [-0.05, 0) is 41.1 Å². The van der Waals surface area contributed by atoms with E-state index in [1.54, 1.807) is 13.1 Å². The average Bonchev–Trinajstić information content (AvgIpc) is 2.85. The van der Waals surface area contributed by atoms with E-state index in [4.69, 9.17) is 0 Å². The molecule has 0 saturated heterocycles. The number of nitrogens with one attached hydrogen (secondary N) is 1. The van der Waals surface area contributed by atoms with Crippen LogP contribution in [0.3, 0.4) is 0 Å². The Labute approximate surface area is 140 Å². The fourth-order valence-corrected chi connectivity index (χ4v) is 2.41. The van der Waals surface area contributed by atoms with Crippen LogP contribution in [0.15, 0.2) is 39.5 Å². The van der Waals surface area contributed by atoms with Gasteiger partial charge in [-0.25, -0.2) is 0 Å². The minimum atomic E-state index is -4.57. The van der Waals surface area contributed by atoms with E-state index in [0.29, 0.717) is 4.47 Å². The molecule has 0 saturated carbocycles. The Morgan fingerprint density at radius 2 is 2.00 bits per heavy atom. The van der Waals surface area contributed by atoms with E-state index in [1.807, 2.05) is 0 Å². The van der Waals surface area contributed by atoms with Crippen molar-refractivity contribution in [3.63, 3.8) is 0 Å². The summed E-state index contributed by atoms with van der Waals surface area (Å²) in [7, 11) is 0. The van der Waals surface area contributed by atoms with E-state index >= 15 is 0 Å². The van der Waals surface area contributed by atoms with Crippen molar-refractivity contribution in [3.8, 4) is 0 Å². The molecule has 1 N–H and O–H groups in total. The molecule has 1 heterocycles. The van der Waals surface area contributed by atoms with Gasteiger partial charge in [0.05, 0.1) is 21.9 Å². The summed E-state index contributed by atoms with van der Waals surface area (Å²) in [4.78, 5) is 12.1. The monoisotopic (exact) mass is 439 g/mol. The quantitative estimate of drug-likeness (QED) is 0.756. The Bertz CT molecular complexity index is 700. The molecule has 2 aromatic rings. The molecule has 4 nitrogen and oxygen atoms in total. The zero-order valence-corrected chi connectivity index (χ0v) is 14.3. The Morgan fingerprint density at radius 3 is 2.55 bits per heavy atom. The zero-order chi connectivity index (χ0) is 16.5. The predicted octanol–water partition coefficient (Wildman–Crippen LogP) is 4.63. The molecule has 0 aliphatic carbocycles. The van der Waals surface area contributed by atoms with Crippen LogP contribution in [0.5, 0.6) is 0 Å². The minimum absolute atomic E-state index is 0.280. The van der Waals surface area contributed by atoms with Crippen molar-refractivity contribution in [2.45, 2.75) is 19.1 Å². The summed E-state index contributed by atoms with van der Waals surface area (Å²) in [6.45, 7) is 1.54. The first kappa shape index (κ1) is 17.0. The number of carbonyl (C=O) groups excluding carboxylic acids is 1. The van der Waals surface area contributed by atoms with Crippen molar-refractivity contribution in [2.24, 2.45) is 0 Å². The lowest BCUT2D eigenvalue weighted by Crippen LogP contribution is -2.25. The van der Waals surface area contributed by atoms with Gasteiger partial charge in [0.1, 0.15) is 6.04 Å². The molecular formula is C13H10Br2F3N3O. The van der Waals surface area contributed by atoms with E-state index in [2.05, 4.69) is 42.3 Å². The second-order valence-corrected chi connectivity index (χ2v) is 6.32. The number of hydrogen-bond donors (Lipinski definition) is 1. The van der Waals surface area contributed by atoms with Crippen molar-refractivity contribution >= 4 is 43.5 Å². The summed E-state index contributed by atoms with van der Waals surface area (Å²) in [5.41, 5.74) is -1.21. The van der Waals surface area contributed by atoms with Crippen LogP contribution < -0.4 is 5.32 Å². The van der Waals surface area contributed by atoms with Crippen LogP contribution in [0, 0.1) is 0 Å². The highest BCUT2D eigenvalue weighted by Crippen LogP contribution is 2.36. The van der Waals surface area contributed by atoms with Crippen molar-refractivity contribution < 1.29 is 18.0 Å². The Hall–Kier alpha value is -1.35. The number of rotatable bonds is 3. The smallest absolute Gasteiger partial charge is 0.324 e. The number of hydrogen-bond acceptors (Lipinski definition) is 2. The molecule has 22 heavy (non-hydrogen) atoms. The fraction of sp³-hybridized carbons (Fsp3) is 0.231. The number of benzene rings is 1. The third-order valence-corrected chi connectivity index (χ3v) is 3.79. The van der Waals surface area contributed by atoms with Gasteiger partial charge in [-0.15, -0.1) is 0 Å². The van der Waals surface area contributed by atoms with Crippen molar-refractivity contribution in [1.29, 1.82) is 0 Å². The number of nitrogens with zero attached hydrogens (tertiary/aromatic N) is 2. The maximum atomic E-state index is 13.0. The van der Waals surface area contributed by atoms with Crippen LogP contribution in [-0.4, -0.2) is 15.7 Å². The highest BCUT2D eigenvalue weighted by atomic mass is 79.9. The standard InChI is InChI=1S/C13H10Br2F3N3O/c1-7(21-6-9(15)5-19-21)12(22)20-11-3-2-8(14)4-10(11)13(16,17)18/h2-7H,1H3,(H,20,22). The van der Waals surface area contributed by atoms with Crippen LogP contribution >= 0.6 is 31.9 Å². The molecule has 1 aromatic heterocycles. The van der Waals surface area contributed by atoms with Gasteiger partial charge in [0, 0.05) is 10.7 Å². The zero-order valence-electron chi connectivity index (χ0n) is 11.2. The SMILES string of the molecule is CC(C(=O)Nc1ccc(Br)cc1C(F)(F)F)n1cc(Br)cn1. The Morgan fingerprint density at radius 1 is 1.32 bits per heavy atom. The Kier molecular flexibility index (Phi) is 4.96. The molecule has 118 valence electrons. The van der Waals surface area contributed by atoms with Gasteiger partial charge in [-0.2, -0.15) is 18.3 Å². The molecule has 2 rings (SSSR count). The molecular weight excluding hydrogens is 431 g/mol. The molecule has 1 amide bonds. The molecule has 9 heteroatoms. The molecule has 1 atom stereocenters. The largest absolute Gasteiger partial charge is 0.418 e. The first-order valence-electron chi connectivity index (χ1n) is 6.06. The van der Waals surface area contributed by atoms with Crippen molar-refractivity contribution in [3.05, 3.63) is 45.1 Å². The number of amides is 1. The third kappa shape index (κ3) is 3.89. The third-order valence-electron chi connectivity index (χ3n) is 2.89. The van der Waals surface area contributed by atoms with Crippen molar-refractivity contribution in [1.82, 2.24) is 9.78 Å². The van der Waals surface area contributed by atoms with E-state index < -0.39 is 23.7 Å². The van der Waals surface area contributed by atoms with Crippen LogP contribution in [0.4, 0.5) is 18.9 Å². The van der Waals surface area contributed by atoms with Gasteiger partial charge in [-0.1, -0.05) is 15.9 Å². The van der Waals surface area contributed by atoms with Gasteiger partial charge in [0.2, 0.25) is 5.91 Å². The highest BCUT2D eigenvalue weighted by Gasteiger charge is 2.34. The number of carbonyl (C=O) groups is 1. The van der Waals surface area contributed by atoms with E-state index in [0.717, 1.165) is 6.07 Å². The molecule has 0 radical (unpaired) electrons. The van der Waals surface area contributed by atoms with Gasteiger partial charge < -0.3 is 5.32 Å². The summed E-state index contributed by atoms with van der Waals surface area (Å²) in [6, 6.07) is 2.80. The molecule has 1 aromatic carbocycles. The maximum absolute atomic E-state index is 13.0. The summed E-state index contributed by atoms with van der Waals surface area (Å²) >= 11 is 6.18. The van der Waals surface area contributed by atoms with Crippen LogP contribution in [0.25, 0.3) is 0 Å². The number of aromatic nitrogens is 2. The molecule has 0 spiro atoms. The average molecular weight is 441 g/mol. The number of halogens is 5. The Balaban J connectivity index is 2.25. The summed E-state index contributed by atoms with van der Waals surface area (Å²) in [5, 5.41) is 6.24. The molecule has 0 fully saturated rings. The van der Waals surface area contributed by atoms with Gasteiger partial charge in [0.15, 0.2) is 0 Å². The summed E-state index contributed by atoms with van der Waals surface area (Å²) in [5.74, 6) is -0.594. The van der Waals surface area contributed by atoms with Gasteiger partial charge in [-0.3, -0.25) is 9.48 Å². The van der Waals surface area contributed by atoms with E-state index in [1.165, 1.54) is 23.0 Å². The molecule has 0 aliphatic rings. The summed E-state index contributed by atoms with van der Waals surface area (Å²) in [6.07, 6.45) is -1.51. The lowest BCUT2D eigenvalue weighted by molar-refractivity contribution is -0.137. The fourth-order valence-electron chi connectivity index (χ4n) is 1.74. The van der Waals surface area contributed by atoms with E-state index in [9.17, 15) is 18.0 Å². The summed E-state index contributed by atoms with van der Waals surface area (Å²) < 4.78 is 41.3. The lowest BCUT2D eigenvalue weighted by atomic mass is 10.1. The van der Waals surface area contributed by atoms with Crippen molar-refractivity contribution in [2.75, 3.05) is 5.32 Å². The van der Waals surface area contributed by atoms with Crippen LogP contribution in [-0.2, 0) is 11.0 Å². The molecule has 1 unspecified atom stereocenters. The second-order valence-electron chi connectivity index (χ2n) is 4.49.